The highest BCUT2D eigenvalue weighted by atomic mass is 79.9. The Hall–Kier alpha value is -2.18. The summed E-state index contributed by atoms with van der Waals surface area (Å²) in [6.07, 6.45) is 2.60. The van der Waals surface area contributed by atoms with E-state index in [0.29, 0.717) is 25.1 Å². The number of likely N-dealkylation sites (tertiary alicyclic amines) is 1. The standard InChI is InChI=1S/C25H30BrN3O2/c1-25(2,28-15-13-18-6-3-4-7-20(18)16-28)17-27-23(30)22-8-5-14-29(22)24(31)19-9-11-21(26)12-10-19/h3-4,6-7,9-12,22H,5,8,13-17H2,1-2H3,(H,27,30). The molecule has 31 heavy (non-hydrogen) atoms. The number of nitrogens with zero attached hydrogens (tertiary/aromatic N) is 2. The summed E-state index contributed by atoms with van der Waals surface area (Å²) in [6.45, 7) is 7.43. The summed E-state index contributed by atoms with van der Waals surface area (Å²) in [5.74, 6) is -0.120. The molecule has 2 aromatic carbocycles. The van der Waals surface area contributed by atoms with Gasteiger partial charge in [-0.2, -0.15) is 0 Å². The van der Waals surface area contributed by atoms with Crippen LogP contribution in [0.2, 0.25) is 0 Å². The third kappa shape index (κ3) is 4.85. The van der Waals surface area contributed by atoms with E-state index in [4.69, 9.17) is 0 Å². The van der Waals surface area contributed by atoms with Crippen LogP contribution in [0.15, 0.2) is 53.0 Å². The topological polar surface area (TPSA) is 52.7 Å². The van der Waals surface area contributed by atoms with Crippen molar-refractivity contribution >= 4 is 27.7 Å². The van der Waals surface area contributed by atoms with E-state index >= 15 is 0 Å². The quantitative estimate of drug-likeness (QED) is 0.698. The van der Waals surface area contributed by atoms with Gasteiger partial charge in [0, 0.05) is 41.8 Å². The first kappa shape index (κ1) is 22.0. The van der Waals surface area contributed by atoms with E-state index in [0.717, 1.165) is 30.4 Å². The minimum absolute atomic E-state index is 0.0477. The van der Waals surface area contributed by atoms with E-state index < -0.39 is 6.04 Å². The minimum atomic E-state index is -0.394. The van der Waals surface area contributed by atoms with Crippen LogP contribution in [-0.4, -0.2) is 52.8 Å². The van der Waals surface area contributed by atoms with E-state index in [1.807, 2.05) is 12.1 Å². The monoisotopic (exact) mass is 483 g/mol. The van der Waals surface area contributed by atoms with Gasteiger partial charge in [-0.05, 0) is 68.5 Å². The lowest BCUT2D eigenvalue weighted by Gasteiger charge is -2.42. The van der Waals surface area contributed by atoms with Crippen LogP contribution in [0, 0.1) is 0 Å². The van der Waals surface area contributed by atoms with Gasteiger partial charge < -0.3 is 10.2 Å². The maximum absolute atomic E-state index is 13.0. The van der Waals surface area contributed by atoms with E-state index in [-0.39, 0.29) is 17.4 Å². The number of amides is 2. The van der Waals surface area contributed by atoms with Crippen LogP contribution >= 0.6 is 15.9 Å². The van der Waals surface area contributed by atoms with Crippen molar-refractivity contribution in [2.45, 2.75) is 51.2 Å². The van der Waals surface area contributed by atoms with Crippen molar-refractivity contribution < 1.29 is 9.59 Å². The first-order chi connectivity index (χ1) is 14.8. The molecular weight excluding hydrogens is 454 g/mol. The molecule has 6 heteroatoms. The number of halogens is 1. The molecular formula is C25H30BrN3O2. The van der Waals surface area contributed by atoms with Crippen LogP contribution in [0.3, 0.4) is 0 Å². The summed E-state index contributed by atoms with van der Waals surface area (Å²) >= 11 is 3.40. The number of fused-ring (bicyclic) bond motifs is 1. The van der Waals surface area contributed by atoms with Crippen LogP contribution in [0.25, 0.3) is 0 Å². The fourth-order valence-corrected chi connectivity index (χ4v) is 4.85. The van der Waals surface area contributed by atoms with Crippen molar-refractivity contribution in [2.24, 2.45) is 0 Å². The first-order valence-electron chi connectivity index (χ1n) is 11.0. The van der Waals surface area contributed by atoms with Gasteiger partial charge in [0.05, 0.1) is 0 Å². The lowest BCUT2D eigenvalue weighted by atomic mass is 9.94. The molecule has 0 saturated carbocycles. The van der Waals surface area contributed by atoms with Crippen molar-refractivity contribution in [1.82, 2.24) is 15.1 Å². The van der Waals surface area contributed by atoms with E-state index in [1.165, 1.54) is 11.1 Å². The fourth-order valence-electron chi connectivity index (χ4n) is 4.59. The zero-order valence-electron chi connectivity index (χ0n) is 18.2. The maximum Gasteiger partial charge on any atom is 0.254 e. The molecule has 0 aliphatic carbocycles. The smallest absolute Gasteiger partial charge is 0.254 e. The molecule has 2 aliphatic rings. The highest BCUT2D eigenvalue weighted by molar-refractivity contribution is 9.10. The summed E-state index contributed by atoms with van der Waals surface area (Å²) in [5, 5.41) is 3.15. The van der Waals surface area contributed by atoms with Crippen LogP contribution in [0.1, 0.15) is 48.2 Å². The van der Waals surface area contributed by atoms with Crippen LogP contribution < -0.4 is 5.32 Å². The molecule has 1 N–H and O–H groups in total. The normalized spacial score (nSPS) is 19.2. The van der Waals surface area contributed by atoms with Crippen molar-refractivity contribution in [3.05, 3.63) is 69.7 Å². The molecule has 0 spiro atoms. The first-order valence-corrected chi connectivity index (χ1v) is 11.8. The Bertz CT molecular complexity index is 957. The Balaban J connectivity index is 1.37. The number of nitrogens with one attached hydrogen (secondary N) is 1. The van der Waals surface area contributed by atoms with Gasteiger partial charge in [-0.15, -0.1) is 0 Å². The molecule has 4 rings (SSSR count). The number of carbonyl (C=O) groups excluding carboxylic acids is 2. The van der Waals surface area contributed by atoms with Crippen molar-refractivity contribution in [3.63, 3.8) is 0 Å². The van der Waals surface area contributed by atoms with Crippen molar-refractivity contribution in [2.75, 3.05) is 19.6 Å². The van der Waals surface area contributed by atoms with E-state index in [2.05, 4.69) is 64.3 Å². The minimum Gasteiger partial charge on any atom is -0.352 e. The van der Waals surface area contributed by atoms with Gasteiger partial charge in [0.15, 0.2) is 0 Å². The van der Waals surface area contributed by atoms with E-state index in [9.17, 15) is 9.59 Å². The molecule has 0 bridgehead atoms. The average Bonchev–Trinajstić information content (AvgIpc) is 3.27. The number of benzene rings is 2. The SMILES string of the molecule is CC(C)(CNC(=O)C1CCCN1C(=O)c1ccc(Br)cc1)N1CCc2ccccc2C1. The van der Waals surface area contributed by atoms with E-state index in [1.54, 1.807) is 17.0 Å². The maximum atomic E-state index is 13.0. The Morgan fingerprint density at radius 1 is 1.06 bits per heavy atom. The van der Waals surface area contributed by atoms with Crippen molar-refractivity contribution in [1.29, 1.82) is 0 Å². The zero-order chi connectivity index (χ0) is 22.0. The van der Waals surface area contributed by atoms with Gasteiger partial charge in [-0.25, -0.2) is 0 Å². The molecule has 1 atom stereocenters. The molecule has 2 aliphatic heterocycles. The molecule has 2 heterocycles. The van der Waals surface area contributed by atoms with Crippen LogP contribution in [-0.2, 0) is 17.8 Å². The second-order valence-corrected chi connectivity index (χ2v) is 10.0. The Kier molecular flexibility index (Phi) is 6.49. The molecule has 1 unspecified atom stereocenters. The molecule has 0 aromatic heterocycles. The van der Waals surface area contributed by atoms with Gasteiger partial charge in [0.25, 0.3) is 5.91 Å². The average molecular weight is 484 g/mol. The molecule has 1 fully saturated rings. The fraction of sp³-hybridized carbons (Fsp3) is 0.440. The molecule has 164 valence electrons. The third-order valence-corrected chi connectivity index (χ3v) is 7.12. The predicted molar refractivity (Wildman–Crippen MR) is 126 cm³/mol. The number of rotatable bonds is 5. The number of carbonyl (C=O) groups is 2. The Labute approximate surface area is 192 Å². The number of hydrogen-bond donors (Lipinski definition) is 1. The highest BCUT2D eigenvalue weighted by Crippen LogP contribution is 2.26. The second-order valence-electron chi connectivity index (χ2n) is 9.13. The summed E-state index contributed by atoms with van der Waals surface area (Å²) in [6, 6.07) is 15.5. The lowest BCUT2D eigenvalue weighted by Crippen LogP contribution is -2.55. The van der Waals surface area contributed by atoms with Crippen LogP contribution in [0.4, 0.5) is 0 Å². The predicted octanol–water partition coefficient (Wildman–Crippen LogP) is 4.01. The van der Waals surface area contributed by atoms with Crippen LogP contribution in [0.5, 0.6) is 0 Å². The molecule has 2 aromatic rings. The van der Waals surface area contributed by atoms with Gasteiger partial charge in [-0.1, -0.05) is 40.2 Å². The third-order valence-electron chi connectivity index (χ3n) is 6.59. The number of hydrogen-bond acceptors (Lipinski definition) is 3. The second kappa shape index (κ2) is 9.13. The summed E-state index contributed by atoms with van der Waals surface area (Å²) < 4.78 is 0.933. The Morgan fingerprint density at radius 3 is 2.52 bits per heavy atom. The van der Waals surface area contributed by atoms with Gasteiger partial charge >= 0.3 is 0 Å². The van der Waals surface area contributed by atoms with Gasteiger partial charge in [0.2, 0.25) is 5.91 Å². The summed E-state index contributed by atoms with van der Waals surface area (Å²) in [4.78, 5) is 30.2. The largest absolute Gasteiger partial charge is 0.352 e. The highest BCUT2D eigenvalue weighted by Gasteiger charge is 2.36. The summed E-state index contributed by atoms with van der Waals surface area (Å²) in [5.41, 5.74) is 3.25. The zero-order valence-corrected chi connectivity index (χ0v) is 19.8. The lowest BCUT2D eigenvalue weighted by molar-refractivity contribution is -0.125. The van der Waals surface area contributed by atoms with Gasteiger partial charge in [0.1, 0.15) is 6.04 Å². The van der Waals surface area contributed by atoms with Crippen molar-refractivity contribution in [3.8, 4) is 0 Å². The molecule has 2 amide bonds. The summed E-state index contributed by atoms with van der Waals surface area (Å²) in [7, 11) is 0. The molecule has 1 saturated heterocycles. The molecule has 0 radical (unpaired) electrons. The van der Waals surface area contributed by atoms with Gasteiger partial charge in [-0.3, -0.25) is 14.5 Å². The Morgan fingerprint density at radius 2 is 1.77 bits per heavy atom. The molecule has 5 nitrogen and oxygen atoms in total.